The van der Waals surface area contributed by atoms with Gasteiger partial charge < -0.3 is 9.62 Å². The Morgan fingerprint density at radius 1 is 1.56 bits per heavy atom. The van der Waals surface area contributed by atoms with E-state index in [0.717, 1.165) is 0 Å². The van der Waals surface area contributed by atoms with E-state index in [1.54, 1.807) is 31.4 Å². The number of anilines is 1. The van der Waals surface area contributed by atoms with Crippen molar-refractivity contribution < 1.29 is 14.4 Å². The van der Waals surface area contributed by atoms with Gasteiger partial charge in [0.1, 0.15) is 17.2 Å². The lowest BCUT2D eigenvalue weighted by atomic mass is 10.3. The maximum atomic E-state index is 11.8. The average Bonchev–Trinajstić information content (AvgIpc) is 2.97. The van der Waals surface area contributed by atoms with Crippen LogP contribution in [0.5, 0.6) is 0 Å². The number of oxime groups is 1. The van der Waals surface area contributed by atoms with Gasteiger partial charge in [0.25, 0.3) is 5.91 Å². The largest absolute Gasteiger partial charge is 0.456 e. The molecule has 0 aromatic carbocycles. The molecule has 6 nitrogen and oxygen atoms in total. The number of hydrogen-bond acceptors (Lipinski definition) is 6. The molecule has 0 fully saturated rings. The molecule has 0 saturated carbocycles. The van der Waals surface area contributed by atoms with Gasteiger partial charge in [-0.1, -0.05) is 5.16 Å². The monoisotopic (exact) mass is 265 g/mol. The van der Waals surface area contributed by atoms with E-state index in [1.807, 2.05) is 0 Å². The number of rotatable bonds is 3. The van der Waals surface area contributed by atoms with E-state index >= 15 is 0 Å². The molecule has 0 saturated heterocycles. The highest BCUT2D eigenvalue weighted by Crippen LogP contribution is 2.17. The normalized spacial score (nSPS) is 11.6. The molecule has 94 valence electrons. The first kappa shape index (κ1) is 12.3. The Morgan fingerprint density at radius 2 is 2.33 bits per heavy atom. The van der Waals surface area contributed by atoms with Crippen molar-refractivity contribution >= 4 is 28.1 Å². The molecule has 7 heteroatoms. The number of carbonyl (C=O) groups excluding carboxylic acids is 1. The van der Waals surface area contributed by atoms with E-state index < -0.39 is 0 Å². The molecule has 2 rings (SSSR count). The van der Waals surface area contributed by atoms with Gasteiger partial charge in [0.05, 0.1) is 0 Å². The Morgan fingerprint density at radius 3 is 2.94 bits per heavy atom. The third-order valence-corrected chi connectivity index (χ3v) is 2.97. The first-order valence-corrected chi connectivity index (χ1v) is 6.00. The van der Waals surface area contributed by atoms with Crippen LogP contribution >= 0.6 is 11.3 Å². The molecule has 18 heavy (non-hydrogen) atoms. The van der Waals surface area contributed by atoms with Gasteiger partial charge in [-0.25, -0.2) is 4.98 Å². The van der Waals surface area contributed by atoms with Crippen LogP contribution in [-0.2, 0) is 0 Å². The summed E-state index contributed by atoms with van der Waals surface area (Å²) in [4.78, 5) is 15.9. The van der Waals surface area contributed by atoms with Crippen LogP contribution in [0.2, 0.25) is 0 Å². The van der Waals surface area contributed by atoms with Gasteiger partial charge in [-0.05, 0) is 26.0 Å². The first-order valence-electron chi connectivity index (χ1n) is 5.12. The molecule has 0 atom stereocenters. The molecule has 0 aliphatic rings. The minimum Gasteiger partial charge on any atom is -0.456 e. The zero-order chi connectivity index (χ0) is 13.1. The van der Waals surface area contributed by atoms with Gasteiger partial charge in [-0.2, -0.15) is 0 Å². The van der Waals surface area contributed by atoms with Crippen molar-refractivity contribution in [3.63, 3.8) is 0 Å². The van der Waals surface area contributed by atoms with Crippen molar-refractivity contribution in [3.8, 4) is 0 Å². The van der Waals surface area contributed by atoms with Crippen molar-refractivity contribution in [2.45, 2.75) is 13.8 Å². The SMILES string of the molecule is CC(=NO)c1csc(NC(=O)c2ccc(C)o2)n1. The summed E-state index contributed by atoms with van der Waals surface area (Å²) in [5.74, 6) is 0.544. The average molecular weight is 265 g/mol. The molecule has 2 N–H and O–H groups in total. The summed E-state index contributed by atoms with van der Waals surface area (Å²) in [7, 11) is 0. The molecule has 2 heterocycles. The van der Waals surface area contributed by atoms with E-state index in [1.165, 1.54) is 11.3 Å². The van der Waals surface area contributed by atoms with Crippen LogP contribution in [0.25, 0.3) is 0 Å². The highest BCUT2D eigenvalue weighted by Gasteiger charge is 2.13. The van der Waals surface area contributed by atoms with E-state index in [2.05, 4.69) is 15.5 Å². The third-order valence-electron chi connectivity index (χ3n) is 2.21. The van der Waals surface area contributed by atoms with E-state index in [9.17, 15) is 4.79 Å². The number of hydrogen-bond donors (Lipinski definition) is 2. The Kier molecular flexibility index (Phi) is 3.42. The zero-order valence-corrected chi connectivity index (χ0v) is 10.6. The number of nitrogens with zero attached hydrogens (tertiary/aromatic N) is 2. The zero-order valence-electron chi connectivity index (χ0n) is 9.80. The number of amides is 1. The summed E-state index contributed by atoms with van der Waals surface area (Å²) >= 11 is 1.25. The highest BCUT2D eigenvalue weighted by atomic mass is 32.1. The van der Waals surface area contributed by atoms with E-state index in [0.29, 0.717) is 22.3 Å². The third kappa shape index (κ3) is 2.57. The second kappa shape index (κ2) is 5.01. The molecule has 2 aromatic rings. The van der Waals surface area contributed by atoms with Crippen molar-refractivity contribution in [2.75, 3.05) is 5.32 Å². The molecule has 0 radical (unpaired) electrons. The molecule has 1 amide bonds. The summed E-state index contributed by atoms with van der Waals surface area (Å²) in [6.07, 6.45) is 0. The van der Waals surface area contributed by atoms with Crippen molar-refractivity contribution in [1.82, 2.24) is 4.98 Å². The molecule has 0 unspecified atom stereocenters. The van der Waals surface area contributed by atoms with Crippen LogP contribution in [-0.4, -0.2) is 21.8 Å². The summed E-state index contributed by atoms with van der Waals surface area (Å²) in [6.45, 7) is 3.38. The fourth-order valence-corrected chi connectivity index (χ4v) is 2.01. The molecule has 2 aromatic heterocycles. The van der Waals surface area contributed by atoms with Gasteiger partial charge in [-0.15, -0.1) is 11.3 Å². The molecule has 0 aliphatic carbocycles. The molecular formula is C11H11N3O3S. The van der Waals surface area contributed by atoms with E-state index in [4.69, 9.17) is 9.62 Å². The Labute approximate surface area is 107 Å². The van der Waals surface area contributed by atoms with Crippen LogP contribution in [0.15, 0.2) is 27.1 Å². The summed E-state index contributed by atoms with van der Waals surface area (Å²) in [6, 6.07) is 3.31. The number of aromatic nitrogens is 1. The smallest absolute Gasteiger partial charge is 0.293 e. The minimum absolute atomic E-state index is 0.233. The fourth-order valence-electron chi connectivity index (χ4n) is 1.26. The van der Waals surface area contributed by atoms with E-state index in [-0.39, 0.29) is 11.7 Å². The van der Waals surface area contributed by atoms with Gasteiger partial charge in [0.2, 0.25) is 0 Å². The second-order valence-corrected chi connectivity index (χ2v) is 4.45. The van der Waals surface area contributed by atoms with Crippen LogP contribution in [0, 0.1) is 6.92 Å². The lowest BCUT2D eigenvalue weighted by Gasteiger charge is -1.97. The highest BCUT2D eigenvalue weighted by molar-refractivity contribution is 7.14. The minimum atomic E-state index is -0.359. The Hall–Kier alpha value is -2.15. The lowest BCUT2D eigenvalue weighted by Crippen LogP contribution is -2.10. The number of nitrogens with one attached hydrogen (secondary N) is 1. The summed E-state index contributed by atoms with van der Waals surface area (Å²) < 4.78 is 5.19. The number of carbonyl (C=O) groups is 1. The number of furan rings is 1. The van der Waals surface area contributed by atoms with Crippen LogP contribution < -0.4 is 5.32 Å². The van der Waals surface area contributed by atoms with Gasteiger partial charge in [-0.3, -0.25) is 10.1 Å². The number of thiazole rings is 1. The van der Waals surface area contributed by atoms with Crippen molar-refractivity contribution in [3.05, 3.63) is 34.7 Å². The summed E-state index contributed by atoms with van der Waals surface area (Å²) in [5.41, 5.74) is 0.911. The van der Waals surface area contributed by atoms with Crippen LogP contribution in [0.3, 0.4) is 0 Å². The molecule has 0 aliphatic heterocycles. The van der Waals surface area contributed by atoms with Gasteiger partial charge >= 0.3 is 0 Å². The summed E-state index contributed by atoms with van der Waals surface area (Å²) in [5, 5.41) is 16.4. The quantitative estimate of drug-likeness (QED) is 0.507. The van der Waals surface area contributed by atoms with Gasteiger partial charge in [0.15, 0.2) is 10.9 Å². The molecule has 0 spiro atoms. The maximum absolute atomic E-state index is 11.8. The standard InChI is InChI=1S/C11H11N3O3S/c1-6-3-4-9(17-6)10(15)13-11-12-8(5-18-11)7(2)14-16/h3-5,16H,1-2H3,(H,12,13,15). The van der Waals surface area contributed by atoms with Crippen LogP contribution in [0.1, 0.15) is 28.9 Å². The predicted octanol–water partition coefficient (Wildman–Crippen LogP) is 2.50. The maximum Gasteiger partial charge on any atom is 0.293 e. The Bertz CT molecular complexity index is 600. The topological polar surface area (TPSA) is 87.7 Å². The predicted molar refractivity (Wildman–Crippen MR) is 67.5 cm³/mol. The lowest BCUT2D eigenvalue weighted by molar-refractivity contribution is 0.0995. The van der Waals surface area contributed by atoms with Crippen molar-refractivity contribution in [2.24, 2.45) is 5.16 Å². The molecular weight excluding hydrogens is 254 g/mol. The second-order valence-electron chi connectivity index (χ2n) is 3.59. The van der Waals surface area contributed by atoms with Crippen LogP contribution in [0.4, 0.5) is 5.13 Å². The first-order chi connectivity index (χ1) is 8.60. The fraction of sp³-hybridized carbons (Fsp3) is 0.182. The number of aryl methyl sites for hydroxylation is 1. The van der Waals surface area contributed by atoms with Gasteiger partial charge in [0, 0.05) is 5.38 Å². The Balaban J connectivity index is 2.10. The molecule has 0 bridgehead atoms. The van der Waals surface area contributed by atoms with Crippen molar-refractivity contribution in [1.29, 1.82) is 0 Å².